The van der Waals surface area contributed by atoms with Crippen molar-refractivity contribution in [1.82, 2.24) is 0 Å². The largest absolute Gasteiger partial charge is 0.508 e. The Morgan fingerprint density at radius 2 is 1.85 bits per heavy atom. The summed E-state index contributed by atoms with van der Waals surface area (Å²) in [4.78, 5) is 0. The second-order valence-corrected chi connectivity index (χ2v) is 5.93. The molecule has 3 nitrogen and oxygen atoms in total. The van der Waals surface area contributed by atoms with Crippen LogP contribution in [0.25, 0.3) is 10.8 Å². The predicted molar refractivity (Wildman–Crippen MR) is 79.1 cm³/mol. The number of ether oxygens (including phenoxy) is 2. The van der Waals surface area contributed by atoms with Gasteiger partial charge in [-0.3, -0.25) is 0 Å². The van der Waals surface area contributed by atoms with Gasteiger partial charge in [0.15, 0.2) is 5.79 Å². The molecule has 1 aliphatic heterocycles. The van der Waals surface area contributed by atoms with E-state index < -0.39 is 5.79 Å². The van der Waals surface area contributed by atoms with Gasteiger partial charge in [0.2, 0.25) is 0 Å². The van der Waals surface area contributed by atoms with Gasteiger partial charge in [0.05, 0.1) is 13.2 Å². The van der Waals surface area contributed by atoms with Crippen molar-refractivity contribution >= 4 is 10.8 Å². The molecular formula is C17H20O3. The number of hydrogen-bond donors (Lipinski definition) is 1. The predicted octanol–water partition coefficient (Wildman–Crippen LogP) is 3.72. The lowest BCUT2D eigenvalue weighted by molar-refractivity contribution is -0.251. The van der Waals surface area contributed by atoms with Gasteiger partial charge in [0, 0.05) is 11.5 Å². The fourth-order valence-corrected chi connectivity index (χ4v) is 2.69. The Balaban J connectivity index is 2.00. The van der Waals surface area contributed by atoms with Gasteiger partial charge in [0.25, 0.3) is 0 Å². The molecule has 2 aromatic rings. The standard InChI is InChI=1S/C17H20O3/c1-11-5-4-6-12-7-16(18)15(8-14(11)12)13-9-19-17(2,3)20-10-13/h4-8,13,18H,9-10H2,1-3H3. The van der Waals surface area contributed by atoms with Crippen molar-refractivity contribution in [2.75, 3.05) is 13.2 Å². The van der Waals surface area contributed by atoms with Crippen LogP contribution in [-0.4, -0.2) is 24.1 Å². The Morgan fingerprint density at radius 3 is 2.55 bits per heavy atom. The van der Waals surface area contributed by atoms with E-state index >= 15 is 0 Å². The molecule has 1 N–H and O–H groups in total. The highest BCUT2D eigenvalue weighted by molar-refractivity contribution is 5.87. The quantitative estimate of drug-likeness (QED) is 0.860. The van der Waals surface area contributed by atoms with Crippen molar-refractivity contribution in [2.24, 2.45) is 0 Å². The minimum absolute atomic E-state index is 0.0760. The SMILES string of the molecule is Cc1cccc2cc(O)c(C3COC(C)(C)OC3)cc12. The van der Waals surface area contributed by atoms with E-state index in [4.69, 9.17) is 9.47 Å². The van der Waals surface area contributed by atoms with Gasteiger partial charge in [-0.25, -0.2) is 0 Å². The zero-order valence-electron chi connectivity index (χ0n) is 12.1. The van der Waals surface area contributed by atoms with Crippen molar-refractivity contribution in [1.29, 1.82) is 0 Å². The lowest BCUT2D eigenvalue weighted by Crippen LogP contribution is -2.38. The summed E-state index contributed by atoms with van der Waals surface area (Å²) in [6.45, 7) is 7.04. The average Bonchev–Trinajstić information content (AvgIpc) is 2.39. The van der Waals surface area contributed by atoms with E-state index in [1.807, 2.05) is 32.0 Å². The monoisotopic (exact) mass is 272 g/mol. The van der Waals surface area contributed by atoms with E-state index in [0.29, 0.717) is 19.0 Å². The van der Waals surface area contributed by atoms with Crippen molar-refractivity contribution in [2.45, 2.75) is 32.5 Å². The Hall–Kier alpha value is -1.58. The summed E-state index contributed by atoms with van der Waals surface area (Å²) in [7, 11) is 0. The van der Waals surface area contributed by atoms with Gasteiger partial charge < -0.3 is 14.6 Å². The van der Waals surface area contributed by atoms with Crippen molar-refractivity contribution < 1.29 is 14.6 Å². The molecule has 106 valence electrons. The van der Waals surface area contributed by atoms with E-state index in [1.54, 1.807) is 0 Å². The summed E-state index contributed by atoms with van der Waals surface area (Å²) in [5.41, 5.74) is 2.11. The van der Waals surface area contributed by atoms with Crippen LogP contribution in [0.5, 0.6) is 5.75 Å². The van der Waals surface area contributed by atoms with Gasteiger partial charge in [-0.15, -0.1) is 0 Å². The molecule has 3 rings (SSSR count). The third kappa shape index (κ3) is 2.39. The van der Waals surface area contributed by atoms with Crippen molar-refractivity contribution in [3.63, 3.8) is 0 Å². The van der Waals surface area contributed by atoms with Gasteiger partial charge in [0.1, 0.15) is 5.75 Å². The molecule has 0 bridgehead atoms. The lowest BCUT2D eigenvalue weighted by atomic mass is 9.94. The van der Waals surface area contributed by atoms with E-state index in [9.17, 15) is 5.11 Å². The summed E-state index contributed by atoms with van der Waals surface area (Å²) in [5.74, 6) is -0.133. The smallest absolute Gasteiger partial charge is 0.162 e. The van der Waals surface area contributed by atoms with Crippen molar-refractivity contribution in [3.8, 4) is 5.75 Å². The second kappa shape index (κ2) is 4.76. The molecule has 20 heavy (non-hydrogen) atoms. The van der Waals surface area contributed by atoms with Gasteiger partial charge in [-0.1, -0.05) is 18.2 Å². The Morgan fingerprint density at radius 1 is 1.15 bits per heavy atom. The number of phenols is 1. The van der Waals surface area contributed by atoms with Crippen LogP contribution in [0, 0.1) is 6.92 Å². The highest BCUT2D eigenvalue weighted by atomic mass is 16.7. The van der Waals surface area contributed by atoms with Gasteiger partial charge in [-0.05, 0) is 49.2 Å². The molecule has 0 amide bonds. The molecule has 0 saturated carbocycles. The molecule has 0 unspecified atom stereocenters. The molecule has 0 atom stereocenters. The third-order valence-electron chi connectivity index (χ3n) is 3.95. The minimum atomic E-state index is -0.529. The molecule has 1 aliphatic rings. The molecule has 1 fully saturated rings. The summed E-state index contributed by atoms with van der Waals surface area (Å²) in [6, 6.07) is 10.0. The second-order valence-electron chi connectivity index (χ2n) is 5.93. The van der Waals surface area contributed by atoms with E-state index in [0.717, 1.165) is 10.9 Å². The average molecular weight is 272 g/mol. The minimum Gasteiger partial charge on any atom is -0.508 e. The van der Waals surface area contributed by atoms with Crippen molar-refractivity contribution in [3.05, 3.63) is 41.5 Å². The van der Waals surface area contributed by atoms with Crippen LogP contribution in [0.4, 0.5) is 0 Å². The molecule has 0 spiro atoms. The number of rotatable bonds is 1. The zero-order chi connectivity index (χ0) is 14.3. The van der Waals surface area contributed by atoms with E-state index in [-0.39, 0.29) is 5.92 Å². The summed E-state index contributed by atoms with van der Waals surface area (Å²) in [5, 5.41) is 12.5. The molecule has 0 aromatic heterocycles. The summed E-state index contributed by atoms with van der Waals surface area (Å²) < 4.78 is 11.4. The molecule has 0 radical (unpaired) electrons. The number of fused-ring (bicyclic) bond motifs is 1. The number of aromatic hydroxyl groups is 1. The third-order valence-corrected chi connectivity index (χ3v) is 3.95. The Kier molecular flexibility index (Phi) is 3.19. The van der Waals surface area contributed by atoms with Crippen LogP contribution >= 0.6 is 0 Å². The highest BCUT2D eigenvalue weighted by Gasteiger charge is 2.30. The van der Waals surface area contributed by atoms with Gasteiger partial charge in [-0.2, -0.15) is 0 Å². The zero-order valence-corrected chi connectivity index (χ0v) is 12.1. The lowest BCUT2D eigenvalue weighted by Gasteiger charge is -2.35. The maximum Gasteiger partial charge on any atom is 0.162 e. The fraction of sp³-hybridized carbons (Fsp3) is 0.412. The number of benzene rings is 2. The van der Waals surface area contributed by atoms with Crippen LogP contribution in [0.1, 0.15) is 30.9 Å². The number of aryl methyl sites for hydroxylation is 1. The fourth-order valence-electron chi connectivity index (χ4n) is 2.69. The first kappa shape index (κ1) is 13.4. The summed E-state index contributed by atoms with van der Waals surface area (Å²) in [6.07, 6.45) is 0. The molecule has 1 saturated heterocycles. The Labute approximate surface area is 119 Å². The summed E-state index contributed by atoms with van der Waals surface area (Å²) >= 11 is 0. The number of hydrogen-bond acceptors (Lipinski definition) is 3. The maximum atomic E-state index is 10.3. The normalized spacial score (nSPS) is 19.4. The van der Waals surface area contributed by atoms with Crippen LogP contribution in [0.3, 0.4) is 0 Å². The van der Waals surface area contributed by atoms with Gasteiger partial charge >= 0.3 is 0 Å². The number of phenolic OH excluding ortho intramolecular Hbond substituents is 1. The van der Waals surface area contributed by atoms with Crippen LogP contribution in [0.15, 0.2) is 30.3 Å². The first-order valence-corrected chi connectivity index (χ1v) is 6.96. The molecule has 2 aromatic carbocycles. The van der Waals surface area contributed by atoms with Crippen LogP contribution in [-0.2, 0) is 9.47 Å². The molecule has 1 heterocycles. The van der Waals surface area contributed by atoms with Crippen LogP contribution in [0.2, 0.25) is 0 Å². The van der Waals surface area contributed by atoms with E-state index in [2.05, 4.69) is 19.1 Å². The van der Waals surface area contributed by atoms with E-state index in [1.165, 1.54) is 10.9 Å². The maximum absolute atomic E-state index is 10.3. The molecular weight excluding hydrogens is 252 g/mol. The van der Waals surface area contributed by atoms with Crippen LogP contribution < -0.4 is 0 Å². The molecule has 3 heteroatoms. The first-order valence-electron chi connectivity index (χ1n) is 6.96. The topological polar surface area (TPSA) is 38.7 Å². The first-order chi connectivity index (χ1) is 9.46. The highest BCUT2D eigenvalue weighted by Crippen LogP contribution is 2.35. The molecule has 0 aliphatic carbocycles. The Bertz CT molecular complexity index is 636.